The van der Waals surface area contributed by atoms with Gasteiger partial charge < -0.3 is 24.4 Å². The molecular weight excluding hydrogens is 422 g/mol. The minimum Gasteiger partial charge on any atom is -0.506 e. The van der Waals surface area contributed by atoms with Crippen molar-refractivity contribution in [2.45, 2.75) is 25.0 Å². The number of rotatable bonds is 5. The highest BCUT2D eigenvalue weighted by Gasteiger charge is 2.38. The summed E-state index contributed by atoms with van der Waals surface area (Å²) in [7, 11) is 0. The molecule has 8 heteroatoms. The highest BCUT2D eigenvalue weighted by molar-refractivity contribution is 5.96. The minimum absolute atomic E-state index is 0.0249. The number of carbonyl (C=O) groups is 2. The summed E-state index contributed by atoms with van der Waals surface area (Å²) in [6.45, 7) is 1.84. The Hall–Kier alpha value is -3.81. The van der Waals surface area contributed by atoms with Crippen molar-refractivity contribution in [2.24, 2.45) is 0 Å². The molecule has 0 aliphatic carbocycles. The average Bonchev–Trinajstić information content (AvgIpc) is 3.23. The Morgan fingerprint density at radius 3 is 2.64 bits per heavy atom. The van der Waals surface area contributed by atoms with Crippen molar-refractivity contribution in [1.29, 1.82) is 0 Å². The average molecular weight is 447 g/mol. The van der Waals surface area contributed by atoms with Gasteiger partial charge in [0.05, 0.1) is 6.54 Å². The van der Waals surface area contributed by atoms with E-state index in [0.29, 0.717) is 50.3 Å². The van der Waals surface area contributed by atoms with Crippen molar-refractivity contribution in [3.8, 4) is 11.5 Å². The standard InChI is InChI=1S/C25H25N3O5/c29-22-8-4-5-17-9-10-21(26-23(17)22)24(30)27-13-11-18(12-14-27)28-15-20(33-25(28)31)16-32-19-6-2-1-3-7-19/h1-10,18,20,29H,11-16H2. The lowest BCUT2D eigenvalue weighted by Crippen LogP contribution is -2.47. The second-order valence-electron chi connectivity index (χ2n) is 8.35. The first kappa shape index (κ1) is 21.1. The number of phenols is 1. The van der Waals surface area contributed by atoms with E-state index in [9.17, 15) is 14.7 Å². The van der Waals surface area contributed by atoms with Crippen LogP contribution in [0.4, 0.5) is 4.79 Å². The first-order chi connectivity index (χ1) is 16.1. The molecule has 2 aliphatic heterocycles. The van der Waals surface area contributed by atoms with E-state index in [-0.39, 0.29) is 29.9 Å². The van der Waals surface area contributed by atoms with Gasteiger partial charge in [0.25, 0.3) is 5.91 Å². The summed E-state index contributed by atoms with van der Waals surface area (Å²) in [6, 6.07) is 18.1. The van der Waals surface area contributed by atoms with E-state index < -0.39 is 0 Å². The molecule has 0 bridgehead atoms. The highest BCUT2D eigenvalue weighted by Crippen LogP contribution is 2.26. The van der Waals surface area contributed by atoms with Crippen LogP contribution in [0.25, 0.3) is 10.9 Å². The van der Waals surface area contributed by atoms with Gasteiger partial charge in [-0.15, -0.1) is 0 Å². The Morgan fingerprint density at radius 2 is 1.85 bits per heavy atom. The third-order valence-electron chi connectivity index (χ3n) is 6.19. The van der Waals surface area contributed by atoms with Gasteiger partial charge in [0.1, 0.15) is 29.3 Å². The molecule has 1 aromatic heterocycles. The Bertz CT molecular complexity index is 1160. The van der Waals surface area contributed by atoms with Crippen molar-refractivity contribution in [3.63, 3.8) is 0 Å². The fourth-order valence-corrected chi connectivity index (χ4v) is 4.43. The number of phenolic OH excluding ortho intramolecular Hbond substituents is 1. The predicted octanol–water partition coefficient (Wildman–Crippen LogP) is 3.44. The second kappa shape index (κ2) is 8.97. The van der Waals surface area contributed by atoms with Crippen molar-refractivity contribution < 1.29 is 24.2 Å². The number of amides is 2. The molecule has 5 rings (SSSR count). The summed E-state index contributed by atoms with van der Waals surface area (Å²) >= 11 is 0. The SMILES string of the molecule is O=C(c1ccc2cccc(O)c2n1)N1CCC(N2CC(COc3ccccc3)OC2=O)CC1. The topological polar surface area (TPSA) is 92.2 Å². The van der Waals surface area contributed by atoms with E-state index in [1.807, 2.05) is 36.4 Å². The summed E-state index contributed by atoms with van der Waals surface area (Å²) in [5.41, 5.74) is 0.725. The highest BCUT2D eigenvalue weighted by atomic mass is 16.6. The molecule has 2 saturated heterocycles. The fraction of sp³-hybridized carbons (Fsp3) is 0.320. The number of cyclic esters (lactones) is 1. The van der Waals surface area contributed by atoms with Gasteiger partial charge in [0, 0.05) is 24.5 Å². The number of hydrogen-bond acceptors (Lipinski definition) is 6. The molecule has 2 amide bonds. The van der Waals surface area contributed by atoms with E-state index in [1.54, 1.807) is 34.1 Å². The molecule has 3 aromatic rings. The maximum absolute atomic E-state index is 13.0. The fourth-order valence-electron chi connectivity index (χ4n) is 4.43. The van der Waals surface area contributed by atoms with Gasteiger partial charge in [-0.05, 0) is 37.1 Å². The third-order valence-corrected chi connectivity index (χ3v) is 6.19. The lowest BCUT2D eigenvalue weighted by molar-refractivity contribution is 0.0653. The molecule has 1 atom stereocenters. The van der Waals surface area contributed by atoms with Crippen LogP contribution in [0.3, 0.4) is 0 Å². The summed E-state index contributed by atoms with van der Waals surface area (Å²) in [4.78, 5) is 33.3. The van der Waals surface area contributed by atoms with E-state index in [1.165, 1.54) is 0 Å². The number of benzene rings is 2. The van der Waals surface area contributed by atoms with Crippen LogP contribution in [-0.2, 0) is 4.74 Å². The molecule has 1 unspecified atom stereocenters. The van der Waals surface area contributed by atoms with Gasteiger partial charge >= 0.3 is 6.09 Å². The Balaban J connectivity index is 1.16. The number of aromatic nitrogens is 1. The summed E-state index contributed by atoms with van der Waals surface area (Å²) in [5, 5.41) is 10.8. The molecule has 3 heterocycles. The van der Waals surface area contributed by atoms with Crippen LogP contribution in [0.1, 0.15) is 23.3 Å². The third kappa shape index (κ3) is 4.41. The van der Waals surface area contributed by atoms with Gasteiger partial charge in [-0.3, -0.25) is 4.79 Å². The predicted molar refractivity (Wildman–Crippen MR) is 121 cm³/mol. The van der Waals surface area contributed by atoms with Gasteiger partial charge in [-0.2, -0.15) is 0 Å². The van der Waals surface area contributed by atoms with E-state index in [2.05, 4.69) is 4.98 Å². The molecule has 33 heavy (non-hydrogen) atoms. The van der Waals surface area contributed by atoms with E-state index in [0.717, 1.165) is 11.1 Å². The number of piperidine rings is 1. The smallest absolute Gasteiger partial charge is 0.410 e. The zero-order valence-corrected chi connectivity index (χ0v) is 18.1. The van der Waals surface area contributed by atoms with E-state index in [4.69, 9.17) is 9.47 Å². The van der Waals surface area contributed by atoms with E-state index >= 15 is 0 Å². The number of fused-ring (bicyclic) bond motifs is 1. The van der Waals surface area contributed by atoms with Crippen LogP contribution >= 0.6 is 0 Å². The number of aromatic hydroxyl groups is 1. The van der Waals surface area contributed by atoms with Gasteiger partial charge in [-0.25, -0.2) is 9.78 Å². The zero-order chi connectivity index (χ0) is 22.8. The van der Waals surface area contributed by atoms with Crippen molar-refractivity contribution in [3.05, 3.63) is 66.4 Å². The maximum Gasteiger partial charge on any atom is 0.410 e. The lowest BCUT2D eigenvalue weighted by atomic mass is 10.0. The van der Waals surface area contributed by atoms with Crippen molar-refractivity contribution >= 4 is 22.9 Å². The number of nitrogens with zero attached hydrogens (tertiary/aromatic N) is 3. The molecule has 2 aliphatic rings. The number of carbonyl (C=O) groups excluding carboxylic acids is 2. The first-order valence-corrected chi connectivity index (χ1v) is 11.1. The monoisotopic (exact) mass is 447 g/mol. The molecule has 2 aromatic carbocycles. The number of ether oxygens (including phenoxy) is 2. The molecule has 0 spiro atoms. The van der Waals surface area contributed by atoms with Gasteiger partial charge in [0.15, 0.2) is 6.10 Å². The lowest BCUT2D eigenvalue weighted by Gasteiger charge is -2.35. The minimum atomic E-state index is -0.326. The van der Waals surface area contributed by atoms with Crippen LogP contribution in [0, 0.1) is 0 Å². The van der Waals surface area contributed by atoms with Gasteiger partial charge in [-0.1, -0.05) is 36.4 Å². The summed E-state index contributed by atoms with van der Waals surface area (Å²) in [6.07, 6.45) is 0.706. The quantitative estimate of drug-likeness (QED) is 0.644. The number of pyridine rings is 1. The molecule has 0 radical (unpaired) electrons. The number of likely N-dealkylation sites (tertiary alicyclic amines) is 1. The Morgan fingerprint density at radius 1 is 1.06 bits per heavy atom. The largest absolute Gasteiger partial charge is 0.506 e. The van der Waals surface area contributed by atoms with Crippen molar-refractivity contribution in [1.82, 2.24) is 14.8 Å². The molecule has 1 N–H and O–H groups in total. The van der Waals surface area contributed by atoms with Gasteiger partial charge in [0.2, 0.25) is 0 Å². The second-order valence-corrected chi connectivity index (χ2v) is 8.35. The first-order valence-electron chi connectivity index (χ1n) is 11.1. The number of para-hydroxylation sites is 2. The number of hydrogen-bond donors (Lipinski definition) is 1. The Kier molecular flexibility index (Phi) is 5.73. The normalized spacial score (nSPS) is 19.0. The molecule has 8 nitrogen and oxygen atoms in total. The molecule has 0 saturated carbocycles. The van der Waals surface area contributed by atoms with Crippen molar-refractivity contribution in [2.75, 3.05) is 26.2 Å². The van der Waals surface area contributed by atoms with Crippen LogP contribution in [-0.4, -0.2) is 70.3 Å². The molecule has 2 fully saturated rings. The maximum atomic E-state index is 13.0. The summed E-state index contributed by atoms with van der Waals surface area (Å²) < 4.78 is 11.2. The Labute approximate surface area is 191 Å². The summed E-state index contributed by atoms with van der Waals surface area (Å²) in [5.74, 6) is 0.630. The molecule has 170 valence electrons. The zero-order valence-electron chi connectivity index (χ0n) is 18.1. The van der Waals surface area contributed by atoms with Crippen LogP contribution in [0.5, 0.6) is 11.5 Å². The molecular formula is C25H25N3O5. The van der Waals surface area contributed by atoms with Crippen LogP contribution in [0.15, 0.2) is 60.7 Å². The van der Waals surface area contributed by atoms with Crippen LogP contribution in [0.2, 0.25) is 0 Å². The van der Waals surface area contributed by atoms with Crippen LogP contribution < -0.4 is 4.74 Å².